The second kappa shape index (κ2) is 5.49. The Kier molecular flexibility index (Phi) is 3.99. The Hall–Kier alpha value is -1.10. The molecule has 0 atom stereocenters. The maximum atomic E-state index is 10.5. The topological polar surface area (TPSA) is 53.4 Å². The number of aromatic nitrogens is 1. The zero-order valence-corrected chi connectivity index (χ0v) is 10.9. The van der Waals surface area contributed by atoms with E-state index >= 15 is 0 Å². The number of hydrogen-bond acceptors (Lipinski definition) is 4. The number of piperidine rings is 1. The number of carbonyl (C=O) groups is 1. The first-order valence-electron chi connectivity index (χ1n) is 6.06. The zero-order valence-electron chi connectivity index (χ0n) is 10.1. The van der Waals surface area contributed by atoms with E-state index in [-0.39, 0.29) is 6.42 Å². The molecule has 4 nitrogen and oxygen atoms in total. The van der Waals surface area contributed by atoms with E-state index < -0.39 is 5.97 Å². The maximum absolute atomic E-state index is 10.5. The SMILES string of the molecule is CC1CCN(c2ncc(CCC(=O)O)s2)CC1. The van der Waals surface area contributed by atoms with Crippen LogP contribution in [0.1, 0.15) is 31.1 Å². The van der Waals surface area contributed by atoms with Gasteiger partial charge in [0, 0.05) is 24.2 Å². The highest BCUT2D eigenvalue weighted by atomic mass is 32.1. The van der Waals surface area contributed by atoms with Gasteiger partial charge in [0.1, 0.15) is 0 Å². The van der Waals surface area contributed by atoms with Crippen LogP contribution in [-0.4, -0.2) is 29.1 Å². The first-order valence-corrected chi connectivity index (χ1v) is 6.88. The van der Waals surface area contributed by atoms with Gasteiger partial charge in [-0.3, -0.25) is 4.79 Å². The summed E-state index contributed by atoms with van der Waals surface area (Å²) in [6.45, 7) is 4.44. The van der Waals surface area contributed by atoms with Gasteiger partial charge in [0.2, 0.25) is 0 Å². The smallest absolute Gasteiger partial charge is 0.303 e. The van der Waals surface area contributed by atoms with Crippen LogP contribution >= 0.6 is 11.3 Å². The quantitative estimate of drug-likeness (QED) is 0.896. The summed E-state index contributed by atoms with van der Waals surface area (Å²) in [6, 6.07) is 0. The first kappa shape index (κ1) is 12.4. The lowest BCUT2D eigenvalue weighted by Gasteiger charge is -2.29. The van der Waals surface area contributed by atoms with Crippen molar-refractivity contribution in [3.05, 3.63) is 11.1 Å². The van der Waals surface area contributed by atoms with Gasteiger partial charge in [-0.2, -0.15) is 0 Å². The highest BCUT2D eigenvalue weighted by Crippen LogP contribution is 2.27. The van der Waals surface area contributed by atoms with Crippen LogP contribution in [0.5, 0.6) is 0 Å². The molecule has 1 aromatic heterocycles. The Morgan fingerprint density at radius 1 is 1.59 bits per heavy atom. The Morgan fingerprint density at radius 3 is 2.94 bits per heavy atom. The molecule has 0 aromatic carbocycles. The molecule has 0 radical (unpaired) electrons. The van der Waals surface area contributed by atoms with Crippen molar-refractivity contribution in [2.75, 3.05) is 18.0 Å². The molecular weight excluding hydrogens is 236 g/mol. The Morgan fingerprint density at radius 2 is 2.29 bits per heavy atom. The van der Waals surface area contributed by atoms with Crippen LogP contribution in [0.15, 0.2) is 6.20 Å². The van der Waals surface area contributed by atoms with E-state index in [2.05, 4.69) is 16.8 Å². The van der Waals surface area contributed by atoms with Gasteiger partial charge in [-0.25, -0.2) is 4.98 Å². The number of carboxylic acid groups (broad SMARTS) is 1. The number of nitrogens with zero attached hydrogens (tertiary/aromatic N) is 2. The molecule has 1 saturated heterocycles. The van der Waals surface area contributed by atoms with Crippen molar-refractivity contribution in [2.45, 2.75) is 32.6 Å². The Labute approximate surface area is 105 Å². The van der Waals surface area contributed by atoms with Gasteiger partial charge in [0.15, 0.2) is 5.13 Å². The highest BCUT2D eigenvalue weighted by Gasteiger charge is 2.18. The summed E-state index contributed by atoms with van der Waals surface area (Å²) in [4.78, 5) is 18.3. The third kappa shape index (κ3) is 3.43. The van der Waals surface area contributed by atoms with Gasteiger partial charge >= 0.3 is 5.97 Å². The lowest BCUT2D eigenvalue weighted by Crippen LogP contribution is -2.32. The van der Waals surface area contributed by atoms with Crippen molar-refractivity contribution < 1.29 is 9.90 Å². The van der Waals surface area contributed by atoms with Crippen molar-refractivity contribution in [1.29, 1.82) is 0 Å². The minimum Gasteiger partial charge on any atom is -0.481 e. The van der Waals surface area contributed by atoms with Crippen molar-refractivity contribution in [3.8, 4) is 0 Å². The number of rotatable bonds is 4. The van der Waals surface area contributed by atoms with Crippen molar-refractivity contribution in [2.24, 2.45) is 5.92 Å². The molecule has 17 heavy (non-hydrogen) atoms. The molecule has 0 bridgehead atoms. The number of carboxylic acids is 1. The van der Waals surface area contributed by atoms with E-state index in [0.29, 0.717) is 6.42 Å². The second-order valence-electron chi connectivity index (χ2n) is 4.67. The summed E-state index contributed by atoms with van der Waals surface area (Å²) in [5.41, 5.74) is 0. The molecule has 2 heterocycles. The molecule has 2 rings (SSSR count). The fraction of sp³-hybridized carbons (Fsp3) is 0.667. The van der Waals surface area contributed by atoms with E-state index in [1.807, 2.05) is 6.20 Å². The molecule has 1 aliphatic rings. The molecule has 1 aromatic rings. The molecule has 0 saturated carbocycles. The zero-order chi connectivity index (χ0) is 12.3. The van der Waals surface area contributed by atoms with Crippen molar-refractivity contribution >= 4 is 22.4 Å². The van der Waals surface area contributed by atoms with E-state index in [0.717, 1.165) is 29.0 Å². The normalized spacial score (nSPS) is 17.4. The average molecular weight is 254 g/mol. The van der Waals surface area contributed by atoms with Crippen LogP contribution in [-0.2, 0) is 11.2 Å². The van der Waals surface area contributed by atoms with Crippen molar-refractivity contribution in [1.82, 2.24) is 4.98 Å². The first-order chi connectivity index (χ1) is 8.15. The van der Waals surface area contributed by atoms with Crippen LogP contribution in [0.2, 0.25) is 0 Å². The van der Waals surface area contributed by atoms with Crippen molar-refractivity contribution in [3.63, 3.8) is 0 Å². The fourth-order valence-corrected chi connectivity index (χ4v) is 2.95. The molecule has 0 unspecified atom stereocenters. The van der Waals surface area contributed by atoms with Gasteiger partial charge in [0.25, 0.3) is 0 Å². The predicted molar refractivity (Wildman–Crippen MR) is 68.7 cm³/mol. The summed E-state index contributed by atoms with van der Waals surface area (Å²) < 4.78 is 0. The fourth-order valence-electron chi connectivity index (χ4n) is 1.99. The molecule has 1 N–H and O–H groups in total. The molecule has 0 spiro atoms. The molecule has 0 amide bonds. The van der Waals surface area contributed by atoms with Gasteiger partial charge in [-0.05, 0) is 25.2 Å². The molecule has 1 aliphatic heterocycles. The average Bonchev–Trinajstić information content (AvgIpc) is 2.76. The molecule has 94 valence electrons. The maximum Gasteiger partial charge on any atom is 0.303 e. The number of aliphatic carboxylic acids is 1. The highest BCUT2D eigenvalue weighted by molar-refractivity contribution is 7.15. The third-order valence-corrected chi connectivity index (χ3v) is 4.30. The van der Waals surface area contributed by atoms with E-state index in [1.54, 1.807) is 11.3 Å². The van der Waals surface area contributed by atoms with Gasteiger partial charge in [0.05, 0.1) is 6.42 Å². The van der Waals surface area contributed by atoms with Crippen LogP contribution in [0, 0.1) is 5.92 Å². The molecule has 1 fully saturated rings. The van der Waals surface area contributed by atoms with E-state index in [1.165, 1.54) is 12.8 Å². The Bertz CT molecular complexity index is 384. The lowest BCUT2D eigenvalue weighted by molar-refractivity contribution is -0.136. The largest absolute Gasteiger partial charge is 0.481 e. The number of anilines is 1. The summed E-state index contributed by atoms with van der Waals surface area (Å²) >= 11 is 1.63. The van der Waals surface area contributed by atoms with Gasteiger partial charge in [-0.15, -0.1) is 11.3 Å². The minimum atomic E-state index is -0.744. The molecular formula is C12H18N2O2S. The van der Waals surface area contributed by atoms with Gasteiger partial charge in [-0.1, -0.05) is 6.92 Å². The molecule has 5 heteroatoms. The minimum absolute atomic E-state index is 0.193. The Balaban J connectivity index is 1.91. The lowest BCUT2D eigenvalue weighted by atomic mass is 10.00. The predicted octanol–water partition coefficient (Wildman–Crippen LogP) is 2.40. The number of hydrogen-bond donors (Lipinski definition) is 1. The van der Waals surface area contributed by atoms with Gasteiger partial charge < -0.3 is 10.0 Å². The summed E-state index contributed by atoms with van der Waals surface area (Å²) in [5.74, 6) is 0.0736. The van der Waals surface area contributed by atoms with E-state index in [4.69, 9.17) is 5.11 Å². The summed E-state index contributed by atoms with van der Waals surface area (Å²) in [7, 11) is 0. The summed E-state index contributed by atoms with van der Waals surface area (Å²) in [6.07, 6.45) is 5.06. The number of thiazole rings is 1. The van der Waals surface area contributed by atoms with Crippen LogP contribution in [0.3, 0.4) is 0 Å². The standard InChI is InChI=1S/C12H18N2O2S/c1-9-4-6-14(7-5-9)12-13-8-10(17-12)2-3-11(15)16/h8-9H,2-7H2,1H3,(H,15,16). The van der Waals surface area contributed by atoms with Crippen LogP contribution < -0.4 is 4.90 Å². The molecule has 0 aliphatic carbocycles. The summed E-state index contributed by atoms with van der Waals surface area (Å²) in [5, 5.41) is 9.69. The van der Waals surface area contributed by atoms with Crippen LogP contribution in [0.4, 0.5) is 5.13 Å². The monoisotopic (exact) mass is 254 g/mol. The van der Waals surface area contributed by atoms with Crippen LogP contribution in [0.25, 0.3) is 0 Å². The van der Waals surface area contributed by atoms with E-state index in [9.17, 15) is 4.79 Å². The second-order valence-corrected chi connectivity index (χ2v) is 5.77. The third-order valence-electron chi connectivity index (χ3n) is 3.18. The number of aryl methyl sites for hydroxylation is 1.